The zero-order valence-corrected chi connectivity index (χ0v) is 14.9. The largest absolute Gasteiger partial charge is 0.395 e. The van der Waals surface area contributed by atoms with Crippen LogP contribution in [0.5, 0.6) is 0 Å². The SMILES string of the molecule is Cc1ccc(C(=O)N2CCC3(CCC(=O)N(CCO)C3)CC2)c(F)c1F. The average molecular weight is 366 g/mol. The predicted molar refractivity (Wildman–Crippen MR) is 91.6 cm³/mol. The van der Waals surface area contributed by atoms with Gasteiger partial charge in [0.25, 0.3) is 5.91 Å². The lowest BCUT2D eigenvalue weighted by atomic mass is 9.72. The maximum atomic E-state index is 14.1. The highest BCUT2D eigenvalue weighted by atomic mass is 19.2. The summed E-state index contributed by atoms with van der Waals surface area (Å²) in [5, 5.41) is 9.12. The number of aliphatic hydroxyl groups excluding tert-OH is 1. The van der Waals surface area contributed by atoms with Crippen molar-refractivity contribution in [1.82, 2.24) is 9.80 Å². The van der Waals surface area contributed by atoms with E-state index in [2.05, 4.69) is 0 Å². The summed E-state index contributed by atoms with van der Waals surface area (Å²) in [6.45, 7) is 3.22. The average Bonchev–Trinajstić information content (AvgIpc) is 2.63. The minimum absolute atomic E-state index is 0.0559. The van der Waals surface area contributed by atoms with E-state index in [0.29, 0.717) is 45.4 Å². The molecule has 0 radical (unpaired) electrons. The van der Waals surface area contributed by atoms with Gasteiger partial charge in [0, 0.05) is 32.6 Å². The number of β-amino-alcohol motifs (C(OH)–C–C–N with tert-alkyl or cyclic N) is 1. The third kappa shape index (κ3) is 3.45. The van der Waals surface area contributed by atoms with Crippen molar-refractivity contribution in [3.63, 3.8) is 0 Å². The number of piperidine rings is 2. The third-order valence-electron chi connectivity index (χ3n) is 5.74. The molecule has 0 saturated carbocycles. The number of aryl methyl sites for hydroxylation is 1. The fraction of sp³-hybridized carbons (Fsp3) is 0.579. The topological polar surface area (TPSA) is 60.9 Å². The van der Waals surface area contributed by atoms with Crippen LogP contribution in [-0.4, -0.2) is 59.5 Å². The molecule has 2 amide bonds. The van der Waals surface area contributed by atoms with Gasteiger partial charge in [-0.1, -0.05) is 6.07 Å². The molecule has 0 aromatic heterocycles. The van der Waals surface area contributed by atoms with Gasteiger partial charge in [-0.2, -0.15) is 0 Å². The number of nitrogens with zero attached hydrogens (tertiary/aromatic N) is 2. The van der Waals surface area contributed by atoms with Crippen molar-refractivity contribution in [1.29, 1.82) is 0 Å². The Labute approximate surface area is 151 Å². The predicted octanol–water partition coefficient (Wildman–Crippen LogP) is 2.11. The van der Waals surface area contributed by atoms with Gasteiger partial charge >= 0.3 is 0 Å². The summed E-state index contributed by atoms with van der Waals surface area (Å²) in [7, 11) is 0. The van der Waals surface area contributed by atoms with E-state index in [0.717, 1.165) is 6.42 Å². The second-order valence-corrected chi connectivity index (χ2v) is 7.39. The summed E-state index contributed by atoms with van der Waals surface area (Å²) >= 11 is 0. The molecule has 1 aromatic carbocycles. The van der Waals surface area contributed by atoms with Crippen molar-refractivity contribution in [2.45, 2.75) is 32.6 Å². The van der Waals surface area contributed by atoms with Crippen molar-refractivity contribution < 1.29 is 23.5 Å². The van der Waals surface area contributed by atoms with Crippen molar-refractivity contribution >= 4 is 11.8 Å². The monoisotopic (exact) mass is 366 g/mol. The van der Waals surface area contributed by atoms with Crippen molar-refractivity contribution in [3.05, 3.63) is 34.9 Å². The van der Waals surface area contributed by atoms with Gasteiger partial charge in [0.2, 0.25) is 5.91 Å². The molecule has 2 fully saturated rings. The summed E-state index contributed by atoms with van der Waals surface area (Å²) in [6, 6.07) is 2.75. The van der Waals surface area contributed by atoms with Crippen LogP contribution in [0.25, 0.3) is 0 Å². The van der Waals surface area contributed by atoms with Gasteiger partial charge in [0.15, 0.2) is 11.6 Å². The second kappa shape index (κ2) is 7.31. The van der Waals surface area contributed by atoms with E-state index < -0.39 is 17.5 Å². The Morgan fingerprint density at radius 2 is 1.88 bits per heavy atom. The van der Waals surface area contributed by atoms with Gasteiger partial charge in [-0.3, -0.25) is 9.59 Å². The Morgan fingerprint density at radius 3 is 2.54 bits per heavy atom. The lowest BCUT2D eigenvalue weighted by molar-refractivity contribution is -0.139. The molecule has 1 aromatic rings. The Morgan fingerprint density at radius 1 is 1.19 bits per heavy atom. The van der Waals surface area contributed by atoms with Gasteiger partial charge in [0.05, 0.1) is 12.2 Å². The third-order valence-corrected chi connectivity index (χ3v) is 5.74. The molecule has 7 heteroatoms. The quantitative estimate of drug-likeness (QED) is 0.891. The van der Waals surface area contributed by atoms with Crippen LogP contribution in [0.1, 0.15) is 41.6 Å². The first kappa shape index (κ1) is 18.8. The lowest BCUT2D eigenvalue weighted by Gasteiger charge is -2.47. The van der Waals surface area contributed by atoms with Crippen LogP contribution in [0.15, 0.2) is 12.1 Å². The molecule has 5 nitrogen and oxygen atoms in total. The van der Waals surface area contributed by atoms with Crippen LogP contribution in [-0.2, 0) is 4.79 Å². The molecule has 0 bridgehead atoms. The number of carbonyl (C=O) groups is 2. The fourth-order valence-corrected chi connectivity index (χ4v) is 4.00. The molecule has 2 aliphatic heterocycles. The molecule has 0 atom stereocenters. The number of rotatable bonds is 3. The number of hydrogen-bond donors (Lipinski definition) is 1. The van der Waals surface area contributed by atoms with E-state index in [9.17, 15) is 18.4 Å². The van der Waals surface area contributed by atoms with E-state index >= 15 is 0 Å². The molecule has 2 saturated heterocycles. The number of amides is 2. The minimum Gasteiger partial charge on any atom is -0.395 e. The molecule has 1 spiro atoms. The number of halogens is 2. The van der Waals surface area contributed by atoms with Crippen LogP contribution >= 0.6 is 0 Å². The highest BCUT2D eigenvalue weighted by Crippen LogP contribution is 2.40. The smallest absolute Gasteiger partial charge is 0.256 e. The fourth-order valence-electron chi connectivity index (χ4n) is 4.00. The number of carbonyl (C=O) groups excluding carboxylic acids is 2. The molecule has 142 valence electrons. The van der Waals surface area contributed by atoms with Gasteiger partial charge in [0.1, 0.15) is 0 Å². The van der Waals surface area contributed by atoms with Gasteiger partial charge in [-0.25, -0.2) is 8.78 Å². The highest BCUT2D eigenvalue weighted by molar-refractivity contribution is 5.94. The van der Waals surface area contributed by atoms with E-state index in [1.165, 1.54) is 19.1 Å². The van der Waals surface area contributed by atoms with Gasteiger partial charge in [-0.15, -0.1) is 0 Å². The molecule has 3 rings (SSSR count). The first-order valence-electron chi connectivity index (χ1n) is 8.99. The van der Waals surface area contributed by atoms with E-state index in [1.807, 2.05) is 0 Å². The van der Waals surface area contributed by atoms with Crippen LogP contribution in [0.2, 0.25) is 0 Å². The van der Waals surface area contributed by atoms with E-state index in [1.54, 1.807) is 9.80 Å². The van der Waals surface area contributed by atoms with Crippen LogP contribution in [0.4, 0.5) is 8.78 Å². The summed E-state index contributed by atoms with van der Waals surface area (Å²) in [4.78, 5) is 27.8. The first-order valence-corrected chi connectivity index (χ1v) is 8.99. The van der Waals surface area contributed by atoms with Crippen molar-refractivity contribution in [3.8, 4) is 0 Å². The molecule has 2 aliphatic rings. The first-order chi connectivity index (χ1) is 12.4. The second-order valence-electron chi connectivity index (χ2n) is 7.39. The Hall–Kier alpha value is -2.02. The van der Waals surface area contributed by atoms with Crippen LogP contribution < -0.4 is 0 Å². The summed E-state index contributed by atoms with van der Waals surface area (Å²) in [5.74, 6) is -2.50. The van der Waals surface area contributed by atoms with Crippen molar-refractivity contribution in [2.75, 3.05) is 32.8 Å². The van der Waals surface area contributed by atoms with Gasteiger partial charge in [-0.05, 0) is 43.2 Å². The van der Waals surface area contributed by atoms with Gasteiger partial charge < -0.3 is 14.9 Å². The zero-order chi connectivity index (χ0) is 18.9. The summed E-state index contributed by atoms with van der Waals surface area (Å²) in [5.41, 5.74) is -0.117. The summed E-state index contributed by atoms with van der Waals surface area (Å²) in [6.07, 6.45) is 2.64. The summed E-state index contributed by atoms with van der Waals surface area (Å²) < 4.78 is 27.9. The van der Waals surface area contributed by atoms with Crippen LogP contribution in [0, 0.1) is 24.0 Å². The molecular formula is C19H24F2N2O3. The normalized spacial score (nSPS) is 19.9. The van der Waals surface area contributed by atoms with Crippen molar-refractivity contribution in [2.24, 2.45) is 5.41 Å². The molecule has 0 unspecified atom stereocenters. The molecule has 2 heterocycles. The number of benzene rings is 1. The Bertz CT molecular complexity index is 715. The van der Waals surface area contributed by atoms with E-state index in [-0.39, 0.29) is 29.1 Å². The zero-order valence-electron chi connectivity index (χ0n) is 14.9. The molecular weight excluding hydrogens is 342 g/mol. The standard InChI is InChI=1S/C19H24F2N2O3/c1-13-2-3-14(17(21)16(13)20)18(26)22-8-6-19(7-9-22)5-4-15(25)23(12-19)10-11-24/h2-3,24H,4-12H2,1H3. The minimum atomic E-state index is -1.09. The molecule has 0 aliphatic carbocycles. The van der Waals surface area contributed by atoms with Crippen LogP contribution in [0.3, 0.4) is 0 Å². The maximum Gasteiger partial charge on any atom is 0.256 e. The van der Waals surface area contributed by atoms with E-state index in [4.69, 9.17) is 5.11 Å². The Balaban J connectivity index is 1.68. The highest BCUT2D eigenvalue weighted by Gasteiger charge is 2.41. The Kier molecular flexibility index (Phi) is 5.27. The maximum absolute atomic E-state index is 14.1. The molecule has 26 heavy (non-hydrogen) atoms. The lowest BCUT2D eigenvalue weighted by Crippen LogP contribution is -2.52. The number of hydrogen-bond acceptors (Lipinski definition) is 3. The number of likely N-dealkylation sites (tertiary alicyclic amines) is 2. The number of aliphatic hydroxyl groups is 1. The molecule has 1 N–H and O–H groups in total.